The Balaban J connectivity index is 1.75. The zero-order chi connectivity index (χ0) is 20.5. The van der Waals surface area contributed by atoms with Crippen LogP contribution in [0.2, 0.25) is 0 Å². The third kappa shape index (κ3) is 2.43. The van der Waals surface area contributed by atoms with Crippen LogP contribution >= 0.6 is 0 Å². The van der Waals surface area contributed by atoms with Gasteiger partial charge in [0.15, 0.2) is 17.2 Å². The van der Waals surface area contributed by atoms with Crippen LogP contribution in [0.15, 0.2) is 11.6 Å². The molecule has 3 saturated carbocycles. The number of aliphatic hydroxyl groups excluding tert-OH is 1. The van der Waals surface area contributed by atoms with Crippen LogP contribution < -0.4 is 0 Å². The van der Waals surface area contributed by atoms with Crippen LogP contribution in [-0.2, 0) is 19.1 Å². The third-order valence-corrected chi connectivity index (χ3v) is 8.40. The van der Waals surface area contributed by atoms with Gasteiger partial charge in [-0.15, -0.1) is 0 Å². The lowest BCUT2D eigenvalue weighted by Gasteiger charge is -2.59. The molecule has 0 amide bonds. The van der Waals surface area contributed by atoms with Crippen molar-refractivity contribution in [3.63, 3.8) is 0 Å². The minimum absolute atomic E-state index is 0.0286. The number of carbonyl (C=O) groups is 3. The first kappa shape index (κ1) is 19.8. The van der Waals surface area contributed by atoms with Crippen molar-refractivity contribution in [2.75, 3.05) is 0 Å². The molecule has 0 saturated heterocycles. The Morgan fingerprint density at radius 2 is 1.89 bits per heavy atom. The molecule has 6 heteroatoms. The number of rotatable bonds is 2. The fourth-order valence-electron chi connectivity index (χ4n) is 7.34. The summed E-state index contributed by atoms with van der Waals surface area (Å²) in [6, 6.07) is 0. The number of ketones is 2. The monoisotopic (exact) mass is 390 g/mol. The lowest BCUT2D eigenvalue weighted by molar-refractivity contribution is -0.206. The van der Waals surface area contributed by atoms with Gasteiger partial charge in [-0.3, -0.25) is 14.4 Å². The number of hydrogen-bond donors (Lipinski definition) is 2. The highest BCUT2D eigenvalue weighted by atomic mass is 16.6. The summed E-state index contributed by atoms with van der Waals surface area (Å²) >= 11 is 0. The summed E-state index contributed by atoms with van der Waals surface area (Å²) < 4.78 is 5.69. The standard InChI is InChI=1S/C22H30O6/c1-12(23)22(28-13(2)24)9-7-17-16-5-4-14-10-15(25)6-8-21(14,27)19(16)18(26)11-20(17,22)3/h10,16-19,26-27H,4-9,11H2,1-3H3/t16-,17-,18-,19+,20-,21+,22-/m0/s1. The van der Waals surface area contributed by atoms with Crippen LogP contribution in [0.1, 0.15) is 65.7 Å². The molecule has 6 nitrogen and oxygen atoms in total. The summed E-state index contributed by atoms with van der Waals surface area (Å²) in [6.07, 6.45) is 4.28. The molecule has 0 aromatic heterocycles. The Morgan fingerprint density at radius 1 is 1.18 bits per heavy atom. The van der Waals surface area contributed by atoms with Gasteiger partial charge in [-0.1, -0.05) is 6.92 Å². The number of Topliss-reactive ketones (excluding diaryl/α,β-unsaturated/α-hetero) is 1. The first-order valence-corrected chi connectivity index (χ1v) is 10.4. The molecule has 154 valence electrons. The van der Waals surface area contributed by atoms with Crippen LogP contribution in [0.4, 0.5) is 0 Å². The quantitative estimate of drug-likeness (QED) is 0.701. The van der Waals surface area contributed by atoms with E-state index in [2.05, 4.69) is 0 Å². The Bertz CT molecular complexity index is 771. The summed E-state index contributed by atoms with van der Waals surface area (Å²) in [5.41, 5.74) is -2.27. The number of ether oxygens (including phenoxy) is 1. The molecule has 0 unspecified atom stereocenters. The largest absolute Gasteiger partial charge is 0.451 e. The van der Waals surface area contributed by atoms with Gasteiger partial charge in [0.25, 0.3) is 0 Å². The average Bonchev–Trinajstić information content (AvgIpc) is 2.88. The maximum atomic E-state index is 12.7. The lowest BCUT2D eigenvalue weighted by atomic mass is 9.48. The fraction of sp³-hybridized carbons (Fsp3) is 0.773. The second kappa shape index (κ2) is 6.23. The molecule has 4 aliphatic rings. The van der Waals surface area contributed by atoms with E-state index in [1.54, 1.807) is 6.08 Å². The van der Waals surface area contributed by atoms with Crippen LogP contribution in [0.5, 0.6) is 0 Å². The van der Waals surface area contributed by atoms with Crippen molar-refractivity contribution in [1.82, 2.24) is 0 Å². The van der Waals surface area contributed by atoms with Crippen molar-refractivity contribution >= 4 is 17.5 Å². The van der Waals surface area contributed by atoms with Crippen molar-refractivity contribution in [2.24, 2.45) is 23.2 Å². The van der Waals surface area contributed by atoms with Crippen molar-refractivity contribution in [1.29, 1.82) is 0 Å². The molecule has 0 radical (unpaired) electrons. The van der Waals surface area contributed by atoms with E-state index in [4.69, 9.17) is 4.74 Å². The van der Waals surface area contributed by atoms with Crippen molar-refractivity contribution < 1.29 is 29.3 Å². The zero-order valence-electron chi connectivity index (χ0n) is 16.9. The Labute approximate surface area is 165 Å². The van der Waals surface area contributed by atoms with Crippen molar-refractivity contribution in [2.45, 2.75) is 83.0 Å². The van der Waals surface area contributed by atoms with E-state index in [1.807, 2.05) is 6.92 Å². The minimum Gasteiger partial charge on any atom is -0.451 e. The van der Waals surface area contributed by atoms with Crippen LogP contribution in [0.25, 0.3) is 0 Å². The molecule has 4 rings (SSSR count). The third-order valence-electron chi connectivity index (χ3n) is 8.40. The molecule has 0 aromatic rings. The Hall–Kier alpha value is -1.53. The smallest absolute Gasteiger partial charge is 0.303 e. The molecule has 0 aliphatic heterocycles. The molecule has 0 aromatic carbocycles. The van der Waals surface area contributed by atoms with E-state index in [0.29, 0.717) is 32.1 Å². The van der Waals surface area contributed by atoms with Gasteiger partial charge < -0.3 is 14.9 Å². The van der Waals surface area contributed by atoms with Gasteiger partial charge in [0, 0.05) is 24.7 Å². The van der Waals surface area contributed by atoms with Crippen molar-refractivity contribution in [3.8, 4) is 0 Å². The molecule has 28 heavy (non-hydrogen) atoms. The van der Waals surface area contributed by atoms with Crippen LogP contribution in [0.3, 0.4) is 0 Å². The number of esters is 1. The van der Waals surface area contributed by atoms with E-state index in [0.717, 1.165) is 18.4 Å². The second-order valence-electron chi connectivity index (χ2n) is 9.60. The van der Waals surface area contributed by atoms with Gasteiger partial charge in [0.05, 0.1) is 11.7 Å². The molecule has 2 N–H and O–H groups in total. The molecule has 3 fully saturated rings. The summed E-state index contributed by atoms with van der Waals surface area (Å²) in [7, 11) is 0. The second-order valence-corrected chi connectivity index (χ2v) is 9.60. The maximum absolute atomic E-state index is 12.7. The summed E-state index contributed by atoms with van der Waals surface area (Å²) in [4.78, 5) is 36.4. The molecule has 0 bridgehead atoms. The van der Waals surface area contributed by atoms with E-state index >= 15 is 0 Å². The highest BCUT2D eigenvalue weighted by molar-refractivity contribution is 5.92. The van der Waals surface area contributed by atoms with Gasteiger partial charge in [-0.2, -0.15) is 0 Å². The van der Waals surface area contributed by atoms with Gasteiger partial charge >= 0.3 is 5.97 Å². The summed E-state index contributed by atoms with van der Waals surface area (Å²) in [6.45, 7) is 4.76. The number of hydrogen-bond acceptors (Lipinski definition) is 6. The van der Waals surface area contributed by atoms with E-state index in [-0.39, 0.29) is 29.3 Å². The van der Waals surface area contributed by atoms with Crippen molar-refractivity contribution in [3.05, 3.63) is 11.6 Å². The molecule has 0 spiro atoms. The topological polar surface area (TPSA) is 101 Å². The van der Waals surface area contributed by atoms with E-state index < -0.39 is 28.7 Å². The van der Waals surface area contributed by atoms with Crippen LogP contribution in [0, 0.1) is 23.2 Å². The Morgan fingerprint density at radius 3 is 2.54 bits per heavy atom. The zero-order valence-corrected chi connectivity index (χ0v) is 16.9. The summed E-state index contributed by atoms with van der Waals surface area (Å²) in [5, 5.41) is 22.7. The number of aliphatic hydroxyl groups is 2. The predicted molar refractivity (Wildman–Crippen MR) is 100 cm³/mol. The molecule has 0 heterocycles. The minimum atomic E-state index is -1.21. The van der Waals surface area contributed by atoms with E-state index in [1.165, 1.54) is 13.8 Å². The van der Waals surface area contributed by atoms with Crippen LogP contribution in [-0.4, -0.2) is 45.1 Å². The molecular weight excluding hydrogens is 360 g/mol. The lowest BCUT2D eigenvalue weighted by Crippen LogP contribution is -2.64. The predicted octanol–water partition coefficient (Wildman–Crippen LogP) is 2.10. The molecule has 4 aliphatic carbocycles. The maximum Gasteiger partial charge on any atom is 0.303 e. The van der Waals surface area contributed by atoms with Gasteiger partial charge in [-0.25, -0.2) is 0 Å². The highest BCUT2D eigenvalue weighted by Gasteiger charge is 2.70. The molecule has 7 atom stereocenters. The molecular formula is C22H30O6. The summed E-state index contributed by atoms with van der Waals surface area (Å²) in [5.74, 6) is -0.852. The van der Waals surface area contributed by atoms with Gasteiger partial charge in [0.1, 0.15) is 0 Å². The Kier molecular flexibility index (Phi) is 4.40. The first-order chi connectivity index (χ1) is 13.0. The SMILES string of the molecule is CC(=O)O[C@]1(C(C)=O)CC[C@H]2[C@@H]3CCC4=CC(=O)CC[C@]4(O)[C@H]3[C@@H](O)C[C@@]21C. The van der Waals surface area contributed by atoms with E-state index in [9.17, 15) is 24.6 Å². The average molecular weight is 390 g/mol. The number of fused-ring (bicyclic) bond motifs is 5. The first-order valence-electron chi connectivity index (χ1n) is 10.4. The highest BCUT2D eigenvalue weighted by Crippen LogP contribution is 2.66. The van der Waals surface area contributed by atoms with Gasteiger partial charge in [0.2, 0.25) is 0 Å². The number of carbonyl (C=O) groups excluding carboxylic acids is 3. The fourth-order valence-corrected chi connectivity index (χ4v) is 7.34. The normalized spacial score (nSPS) is 47.5. The van der Waals surface area contributed by atoms with Gasteiger partial charge in [-0.05, 0) is 68.9 Å².